The van der Waals surface area contributed by atoms with Crippen molar-refractivity contribution in [3.63, 3.8) is 0 Å². The topological polar surface area (TPSA) is 111 Å². The standard InChI is InChI=1S/C14H36N6/c15-5-11-19(12-6-16)9-3-1-2-4-10-20(13-7-17)14-8-18/h1-18H2. The normalized spacial score (nSPS) is 11.7. The molecule has 0 rings (SSSR count). The molecule has 8 N–H and O–H groups in total. The second-order valence-electron chi connectivity index (χ2n) is 5.25. The molecular formula is C14H36N6. The van der Waals surface area contributed by atoms with Crippen molar-refractivity contribution in [3.05, 3.63) is 0 Å². The van der Waals surface area contributed by atoms with Gasteiger partial charge in [0.2, 0.25) is 0 Å². The van der Waals surface area contributed by atoms with E-state index in [1.54, 1.807) is 0 Å². The smallest absolute Gasteiger partial charge is 0.0105 e. The van der Waals surface area contributed by atoms with E-state index in [4.69, 9.17) is 22.9 Å². The fraction of sp³-hybridized carbons (Fsp3) is 1.00. The molecule has 0 heterocycles. The zero-order valence-electron chi connectivity index (χ0n) is 13.1. The van der Waals surface area contributed by atoms with Crippen molar-refractivity contribution < 1.29 is 0 Å². The third-order valence-corrected chi connectivity index (χ3v) is 3.48. The van der Waals surface area contributed by atoms with E-state index in [1.807, 2.05) is 0 Å². The van der Waals surface area contributed by atoms with Crippen molar-refractivity contribution in [1.29, 1.82) is 0 Å². The minimum Gasteiger partial charge on any atom is -0.329 e. The molecule has 20 heavy (non-hydrogen) atoms. The number of unbranched alkanes of at least 4 members (excludes halogenated alkanes) is 3. The summed E-state index contributed by atoms with van der Waals surface area (Å²) < 4.78 is 0. The highest BCUT2D eigenvalue weighted by atomic mass is 15.1. The van der Waals surface area contributed by atoms with Crippen LogP contribution >= 0.6 is 0 Å². The number of nitrogens with zero attached hydrogens (tertiary/aromatic N) is 2. The summed E-state index contributed by atoms with van der Waals surface area (Å²) in [7, 11) is 0. The van der Waals surface area contributed by atoms with E-state index < -0.39 is 0 Å². The summed E-state index contributed by atoms with van der Waals surface area (Å²) in [5, 5.41) is 0. The zero-order valence-corrected chi connectivity index (χ0v) is 13.1. The fourth-order valence-electron chi connectivity index (χ4n) is 2.43. The van der Waals surface area contributed by atoms with Crippen LogP contribution < -0.4 is 22.9 Å². The molecule has 0 aliphatic carbocycles. The second-order valence-corrected chi connectivity index (χ2v) is 5.25. The maximum absolute atomic E-state index is 5.59. The molecule has 122 valence electrons. The van der Waals surface area contributed by atoms with Gasteiger partial charge >= 0.3 is 0 Å². The van der Waals surface area contributed by atoms with Crippen LogP contribution in [0.4, 0.5) is 0 Å². The summed E-state index contributed by atoms with van der Waals surface area (Å²) in [5.41, 5.74) is 22.4. The van der Waals surface area contributed by atoms with Gasteiger partial charge in [0.25, 0.3) is 0 Å². The number of hydrogen-bond donors (Lipinski definition) is 4. The van der Waals surface area contributed by atoms with Crippen molar-refractivity contribution in [2.24, 2.45) is 22.9 Å². The third kappa shape index (κ3) is 11.6. The monoisotopic (exact) mass is 288 g/mol. The van der Waals surface area contributed by atoms with E-state index in [0.717, 1.165) is 39.3 Å². The number of hydrogen-bond acceptors (Lipinski definition) is 6. The Bertz CT molecular complexity index is 159. The lowest BCUT2D eigenvalue weighted by Gasteiger charge is -2.21. The minimum absolute atomic E-state index is 0.715. The van der Waals surface area contributed by atoms with E-state index in [1.165, 1.54) is 25.7 Å². The third-order valence-electron chi connectivity index (χ3n) is 3.48. The van der Waals surface area contributed by atoms with Crippen LogP contribution in [0, 0.1) is 0 Å². The minimum atomic E-state index is 0.715. The van der Waals surface area contributed by atoms with Crippen molar-refractivity contribution in [2.45, 2.75) is 25.7 Å². The van der Waals surface area contributed by atoms with Crippen molar-refractivity contribution in [2.75, 3.05) is 65.4 Å². The maximum Gasteiger partial charge on any atom is 0.0105 e. The Balaban J connectivity index is 3.53. The summed E-state index contributed by atoms with van der Waals surface area (Å²) in [6, 6.07) is 0. The van der Waals surface area contributed by atoms with E-state index in [2.05, 4.69) is 9.80 Å². The molecule has 0 unspecified atom stereocenters. The molecule has 0 aliphatic rings. The molecule has 0 saturated carbocycles. The SMILES string of the molecule is NCCN(CCN)CCCCCCN(CCN)CCN. The lowest BCUT2D eigenvalue weighted by Crippen LogP contribution is -2.35. The molecule has 0 spiro atoms. The Morgan fingerprint density at radius 2 is 0.700 bits per heavy atom. The first-order valence-electron chi connectivity index (χ1n) is 8.03. The first kappa shape index (κ1) is 19.8. The van der Waals surface area contributed by atoms with Crippen LogP contribution in [0.3, 0.4) is 0 Å². The van der Waals surface area contributed by atoms with Gasteiger partial charge in [0.15, 0.2) is 0 Å². The molecule has 0 saturated heterocycles. The van der Waals surface area contributed by atoms with Crippen LogP contribution in [0.5, 0.6) is 0 Å². The van der Waals surface area contributed by atoms with Crippen molar-refractivity contribution in [1.82, 2.24) is 9.80 Å². The summed E-state index contributed by atoms with van der Waals surface area (Å²) in [6.45, 7) is 8.92. The van der Waals surface area contributed by atoms with Gasteiger partial charge in [-0.05, 0) is 25.9 Å². The second kappa shape index (κ2) is 15.2. The predicted molar refractivity (Wildman–Crippen MR) is 87.6 cm³/mol. The highest BCUT2D eigenvalue weighted by molar-refractivity contribution is 4.61. The summed E-state index contributed by atoms with van der Waals surface area (Å²) in [4.78, 5) is 4.71. The van der Waals surface area contributed by atoms with Gasteiger partial charge in [0, 0.05) is 52.4 Å². The van der Waals surface area contributed by atoms with Gasteiger partial charge in [-0.3, -0.25) is 0 Å². The summed E-state index contributed by atoms with van der Waals surface area (Å²) in [5.74, 6) is 0. The Labute approximate surface area is 124 Å². The molecular weight excluding hydrogens is 252 g/mol. The zero-order chi connectivity index (χ0) is 15.1. The average Bonchev–Trinajstić information content (AvgIpc) is 2.43. The Hall–Kier alpha value is -0.240. The molecule has 0 aromatic heterocycles. The van der Waals surface area contributed by atoms with Crippen LogP contribution in [0.15, 0.2) is 0 Å². The Morgan fingerprint density at radius 3 is 0.950 bits per heavy atom. The lowest BCUT2D eigenvalue weighted by molar-refractivity contribution is 0.269. The molecule has 0 aliphatic heterocycles. The lowest BCUT2D eigenvalue weighted by atomic mass is 10.1. The van der Waals surface area contributed by atoms with Gasteiger partial charge in [0.1, 0.15) is 0 Å². The first-order valence-corrected chi connectivity index (χ1v) is 8.03. The van der Waals surface area contributed by atoms with Crippen LogP contribution in [0.1, 0.15) is 25.7 Å². The van der Waals surface area contributed by atoms with Crippen LogP contribution in [-0.2, 0) is 0 Å². The van der Waals surface area contributed by atoms with Crippen molar-refractivity contribution >= 4 is 0 Å². The molecule has 0 aromatic carbocycles. The molecule has 0 fully saturated rings. The van der Waals surface area contributed by atoms with Gasteiger partial charge in [-0.2, -0.15) is 0 Å². The molecule has 0 atom stereocenters. The molecule has 0 amide bonds. The Morgan fingerprint density at radius 1 is 0.400 bits per heavy atom. The van der Waals surface area contributed by atoms with Crippen LogP contribution in [-0.4, -0.2) is 75.2 Å². The van der Waals surface area contributed by atoms with E-state index in [9.17, 15) is 0 Å². The van der Waals surface area contributed by atoms with Gasteiger partial charge < -0.3 is 32.7 Å². The van der Waals surface area contributed by atoms with Crippen LogP contribution in [0.25, 0.3) is 0 Å². The number of nitrogens with two attached hydrogens (primary N) is 4. The molecule has 0 aromatic rings. The van der Waals surface area contributed by atoms with E-state index >= 15 is 0 Å². The largest absolute Gasteiger partial charge is 0.329 e. The summed E-state index contributed by atoms with van der Waals surface area (Å²) >= 11 is 0. The average molecular weight is 288 g/mol. The predicted octanol–water partition coefficient (Wildman–Crippen LogP) is -1.01. The number of rotatable bonds is 15. The molecule has 6 nitrogen and oxygen atoms in total. The van der Waals surface area contributed by atoms with E-state index in [-0.39, 0.29) is 0 Å². The highest BCUT2D eigenvalue weighted by Crippen LogP contribution is 2.03. The van der Waals surface area contributed by atoms with E-state index in [0.29, 0.717) is 26.2 Å². The highest BCUT2D eigenvalue weighted by Gasteiger charge is 2.04. The molecule has 6 heteroatoms. The Kier molecular flexibility index (Phi) is 15.0. The molecule has 0 bridgehead atoms. The fourth-order valence-corrected chi connectivity index (χ4v) is 2.43. The maximum atomic E-state index is 5.59. The quantitative estimate of drug-likeness (QED) is 0.287. The summed E-state index contributed by atoms with van der Waals surface area (Å²) in [6.07, 6.45) is 5.00. The van der Waals surface area contributed by atoms with Gasteiger partial charge in [-0.1, -0.05) is 12.8 Å². The van der Waals surface area contributed by atoms with Crippen molar-refractivity contribution in [3.8, 4) is 0 Å². The van der Waals surface area contributed by atoms with Gasteiger partial charge in [-0.15, -0.1) is 0 Å². The van der Waals surface area contributed by atoms with Gasteiger partial charge in [0.05, 0.1) is 0 Å². The van der Waals surface area contributed by atoms with Crippen LogP contribution in [0.2, 0.25) is 0 Å². The van der Waals surface area contributed by atoms with Gasteiger partial charge in [-0.25, -0.2) is 0 Å². The molecule has 0 radical (unpaired) electrons. The first-order chi connectivity index (χ1) is 9.78.